The number of ether oxygens (including phenoxy) is 1. The molecule has 0 aliphatic rings. The zero-order valence-corrected chi connectivity index (χ0v) is 11.4. The van der Waals surface area contributed by atoms with Crippen molar-refractivity contribution in [2.75, 3.05) is 7.11 Å². The second kappa shape index (κ2) is 7.54. The average molecular weight is 260 g/mol. The second-order valence-corrected chi connectivity index (χ2v) is 4.46. The van der Waals surface area contributed by atoms with Gasteiger partial charge >= 0.3 is 0 Å². The monoisotopic (exact) mass is 259 g/mol. The van der Waals surface area contributed by atoms with Crippen molar-refractivity contribution >= 4 is 12.4 Å². The van der Waals surface area contributed by atoms with E-state index in [1.807, 2.05) is 24.3 Å². The van der Waals surface area contributed by atoms with Gasteiger partial charge in [-0.05, 0) is 18.4 Å². The van der Waals surface area contributed by atoms with Crippen molar-refractivity contribution in [1.82, 2.24) is 0 Å². The molecular formula is C13H22ClNO2. The Hall–Kier alpha value is -0.770. The van der Waals surface area contributed by atoms with Crippen LogP contribution in [-0.2, 0) is 0 Å². The van der Waals surface area contributed by atoms with E-state index in [9.17, 15) is 5.11 Å². The molecule has 1 aromatic rings. The van der Waals surface area contributed by atoms with E-state index in [0.717, 1.165) is 11.3 Å². The minimum absolute atomic E-state index is 0. The molecule has 0 aliphatic carbocycles. The molecule has 3 nitrogen and oxygen atoms in total. The van der Waals surface area contributed by atoms with Gasteiger partial charge in [0, 0.05) is 5.56 Å². The van der Waals surface area contributed by atoms with Crippen molar-refractivity contribution in [1.29, 1.82) is 0 Å². The Morgan fingerprint density at radius 1 is 1.29 bits per heavy atom. The first kappa shape index (κ1) is 16.2. The zero-order valence-electron chi connectivity index (χ0n) is 10.6. The molecule has 98 valence electrons. The number of aliphatic hydroxyl groups is 1. The SMILES string of the molecule is COc1ccccc1[C@H](N)[C@H](O)CC(C)C.Cl. The van der Waals surface area contributed by atoms with Crippen LogP contribution in [0.1, 0.15) is 31.9 Å². The molecule has 0 radical (unpaired) electrons. The first-order valence-corrected chi connectivity index (χ1v) is 5.62. The summed E-state index contributed by atoms with van der Waals surface area (Å²) >= 11 is 0. The predicted molar refractivity (Wildman–Crippen MR) is 72.6 cm³/mol. The summed E-state index contributed by atoms with van der Waals surface area (Å²) in [6.07, 6.45) is 0.162. The van der Waals surface area contributed by atoms with E-state index in [0.29, 0.717) is 12.3 Å². The third kappa shape index (κ3) is 4.54. The molecular weight excluding hydrogens is 238 g/mol. The fraction of sp³-hybridized carbons (Fsp3) is 0.538. The van der Waals surface area contributed by atoms with Gasteiger partial charge < -0.3 is 15.6 Å². The van der Waals surface area contributed by atoms with Crippen molar-refractivity contribution in [3.05, 3.63) is 29.8 Å². The topological polar surface area (TPSA) is 55.5 Å². The van der Waals surface area contributed by atoms with Crippen molar-refractivity contribution in [2.45, 2.75) is 32.4 Å². The highest BCUT2D eigenvalue weighted by Crippen LogP contribution is 2.27. The Morgan fingerprint density at radius 3 is 2.41 bits per heavy atom. The van der Waals surface area contributed by atoms with Crippen LogP contribution in [0.2, 0.25) is 0 Å². The fourth-order valence-electron chi connectivity index (χ4n) is 1.78. The van der Waals surface area contributed by atoms with Gasteiger partial charge in [0.2, 0.25) is 0 Å². The predicted octanol–water partition coefficient (Wildman–Crippen LogP) is 2.52. The van der Waals surface area contributed by atoms with Gasteiger partial charge in [-0.15, -0.1) is 12.4 Å². The van der Waals surface area contributed by atoms with Gasteiger partial charge in [-0.1, -0.05) is 32.0 Å². The first-order valence-electron chi connectivity index (χ1n) is 5.62. The summed E-state index contributed by atoms with van der Waals surface area (Å²) < 4.78 is 5.23. The highest BCUT2D eigenvalue weighted by atomic mass is 35.5. The van der Waals surface area contributed by atoms with Crippen LogP contribution in [0.15, 0.2) is 24.3 Å². The molecule has 0 aromatic heterocycles. The molecule has 0 saturated heterocycles. The van der Waals surface area contributed by atoms with Crippen molar-refractivity contribution in [3.8, 4) is 5.75 Å². The van der Waals surface area contributed by atoms with E-state index in [1.165, 1.54) is 0 Å². The Balaban J connectivity index is 0.00000256. The number of para-hydroxylation sites is 1. The minimum atomic E-state index is -0.531. The maximum absolute atomic E-state index is 9.98. The average Bonchev–Trinajstić information content (AvgIpc) is 2.27. The van der Waals surface area contributed by atoms with Gasteiger partial charge in [0.05, 0.1) is 19.3 Å². The number of nitrogens with two attached hydrogens (primary N) is 1. The molecule has 1 rings (SSSR count). The third-order valence-electron chi connectivity index (χ3n) is 2.63. The number of aliphatic hydroxyl groups excluding tert-OH is 1. The van der Waals surface area contributed by atoms with Crippen LogP contribution in [0.5, 0.6) is 5.75 Å². The number of methoxy groups -OCH3 is 1. The fourth-order valence-corrected chi connectivity index (χ4v) is 1.78. The van der Waals surface area contributed by atoms with E-state index in [2.05, 4.69) is 13.8 Å². The summed E-state index contributed by atoms with van der Waals surface area (Å²) in [5.74, 6) is 1.16. The minimum Gasteiger partial charge on any atom is -0.496 e. The second-order valence-electron chi connectivity index (χ2n) is 4.46. The van der Waals surface area contributed by atoms with Gasteiger partial charge in [-0.2, -0.15) is 0 Å². The van der Waals surface area contributed by atoms with E-state index < -0.39 is 12.1 Å². The van der Waals surface area contributed by atoms with Crippen LogP contribution in [-0.4, -0.2) is 18.3 Å². The summed E-state index contributed by atoms with van der Waals surface area (Å²) in [4.78, 5) is 0. The lowest BCUT2D eigenvalue weighted by atomic mass is 9.95. The van der Waals surface area contributed by atoms with E-state index in [4.69, 9.17) is 10.5 Å². The van der Waals surface area contributed by atoms with Gasteiger partial charge in [0.15, 0.2) is 0 Å². The molecule has 0 spiro atoms. The quantitative estimate of drug-likeness (QED) is 0.854. The summed E-state index contributed by atoms with van der Waals surface area (Å²) in [6.45, 7) is 4.14. The summed E-state index contributed by atoms with van der Waals surface area (Å²) in [7, 11) is 1.61. The third-order valence-corrected chi connectivity index (χ3v) is 2.63. The normalized spacial score (nSPS) is 14.0. The van der Waals surface area contributed by atoms with Gasteiger partial charge in [0.1, 0.15) is 5.75 Å². The summed E-state index contributed by atoms with van der Waals surface area (Å²) in [5, 5.41) is 9.98. The smallest absolute Gasteiger partial charge is 0.123 e. The van der Waals surface area contributed by atoms with Crippen LogP contribution in [0.3, 0.4) is 0 Å². The largest absolute Gasteiger partial charge is 0.496 e. The molecule has 0 unspecified atom stereocenters. The van der Waals surface area contributed by atoms with Crippen LogP contribution in [0, 0.1) is 5.92 Å². The van der Waals surface area contributed by atoms with Crippen LogP contribution >= 0.6 is 12.4 Å². The molecule has 2 atom stereocenters. The first-order chi connectivity index (χ1) is 7.56. The van der Waals surface area contributed by atoms with Crippen molar-refractivity contribution in [3.63, 3.8) is 0 Å². The molecule has 3 N–H and O–H groups in total. The molecule has 1 aromatic carbocycles. The summed E-state index contributed by atoms with van der Waals surface area (Å²) in [6, 6.07) is 7.16. The lowest BCUT2D eigenvalue weighted by Crippen LogP contribution is -2.27. The van der Waals surface area contributed by atoms with Crippen LogP contribution < -0.4 is 10.5 Å². The van der Waals surface area contributed by atoms with Gasteiger partial charge in [-0.3, -0.25) is 0 Å². The number of hydrogen-bond donors (Lipinski definition) is 2. The van der Waals surface area contributed by atoms with Gasteiger partial charge in [-0.25, -0.2) is 0 Å². The Labute approximate surface area is 109 Å². The zero-order chi connectivity index (χ0) is 12.1. The molecule has 0 amide bonds. The molecule has 0 bridgehead atoms. The standard InChI is InChI=1S/C13H21NO2.ClH/c1-9(2)8-11(15)13(14)10-6-4-5-7-12(10)16-3;/h4-7,9,11,13,15H,8,14H2,1-3H3;1H/t11-,13+;/m1./s1. The molecule has 0 heterocycles. The summed E-state index contributed by atoms with van der Waals surface area (Å²) in [5.41, 5.74) is 6.89. The lowest BCUT2D eigenvalue weighted by Gasteiger charge is -2.22. The Morgan fingerprint density at radius 2 is 1.88 bits per heavy atom. The lowest BCUT2D eigenvalue weighted by molar-refractivity contribution is 0.120. The highest BCUT2D eigenvalue weighted by molar-refractivity contribution is 5.85. The number of rotatable bonds is 5. The Bertz CT molecular complexity index is 331. The van der Waals surface area contributed by atoms with Crippen LogP contribution in [0.4, 0.5) is 0 Å². The number of benzene rings is 1. The van der Waals surface area contributed by atoms with E-state index in [-0.39, 0.29) is 12.4 Å². The van der Waals surface area contributed by atoms with Crippen LogP contribution in [0.25, 0.3) is 0 Å². The maximum atomic E-state index is 9.98. The van der Waals surface area contributed by atoms with E-state index in [1.54, 1.807) is 7.11 Å². The van der Waals surface area contributed by atoms with Crippen molar-refractivity contribution in [2.24, 2.45) is 11.7 Å². The molecule has 4 heteroatoms. The molecule has 0 aliphatic heterocycles. The molecule has 17 heavy (non-hydrogen) atoms. The number of halogens is 1. The molecule has 0 fully saturated rings. The number of hydrogen-bond acceptors (Lipinski definition) is 3. The Kier molecular flexibility index (Phi) is 7.19. The highest BCUT2D eigenvalue weighted by Gasteiger charge is 2.20. The van der Waals surface area contributed by atoms with Gasteiger partial charge in [0.25, 0.3) is 0 Å². The maximum Gasteiger partial charge on any atom is 0.123 e. The van der Waals surface area contributed by atoms with E-state index >= 15 is 0 Å². The molecule has 0 saturated carbocycles. The van der Waals surface area contributed by atoms with Crippen molar-refractivity contribution < 1.29 is 9.84 Å².